The number of likely N-dealkylation sites (tertiary alicyclic amines) is 1. The molecule has 5 nitrogen and oxygen atoms in total. The Balaban J connectivity index is 1.47. The molecule has 5 rings (SSSR count). The van der Waals surface area contributed by atoms with E-state index in [2.05, 4.69) is 24.8 Å². The monoisotopic (exact) mass is 450 g/mol. The van der Waals surface area contributed by atoms with Crippen LogP contribution in [-0.2, 0) is 17.3 Å². The van der Waals surface area contributed by atoms with Gasteiger partial charge in [0.25, 0.3) is 0 Å². The van der Waals surface area contributed by atoms with Gasteiger partial charge < -0.3 is 4.90 Å². The fourth-order valence-electron chi connectivity index (χ4n) is 6.57. The van der Waals surface area contributed by atoms with Crippen molar-refractivity contribution in [1.82, 2.24) is 14.7 Å². The Kier molecular flexibility index (Phi) is 5.71. The first-order valence-electron chi connectivity index (χ1n) is 12.6. The number of rotatable bonds is 6. The Morgan fingerprint density at radius 3 is 2.76 bits per heavy atom. The van der Waals surface area contributed by atoms with E-state index in [9.17, 15) is 9.18 Å². The van der Waals surface area contributed by atoms with Crippen LogP contribution in [0.5, 0.6) is 0 Å². The van der Waals surface area contributed by atoms with Crippen LogP contribution < -0.4 is 0 Å². The minimum atomic E-state index is -0.515. The van der Waals surface area contributed by atoms with Crippen LogP contribution in [0, 0.1) is 23.1 Å². The Hall–Kier alpha value is -2.42. The molecule has 0 spiro atoms. The van der Waals surface area contributed by atoms with Gasteiger partial charge in [-0.15, -0.1) is 0 Å². The van der Waals surface area contributed by atoms with Crippen molar-refractivity contribution in [2.75, 3.05) is 0 Å². The van der Waals surface area contributed by atoms with Crippen molar-refractivity contribution in [1.29, 1.82) is 5.26 Å². The van der Waals surface area contributed by atoms with Gasteiger partial charge >= 0.3 is 0 Å². The Bertz CT molecular complexity index is 1110. The summed E-state index contributed by atoms with van der Waals surface area (Å²) in [4.78, 5) is 16.0. The zero-order valence-electron chi connectivity index (χ0n) is 20.1. The van der Waals surface area contributed by atoms with E-state index in [1.807, 2.05) is 17.8 Å². The quantitative estimate of drug-likeness (QED) is 0.565. The average Bonchev–Trinajstić information content (AvgIpc) is 3.54. The van der Waals surface area contributed by atoms with Crippen molar-refractivity contribution < 1.29 is 9.18 Å². The predicted molar refractivity (Wildman–Crippen MR) is 126 cm³/mol. The number of carbonyl (C=O) groups is 1. The van der Waals surface area contributed by atoms with Gasteiger partial charge in [-0.2, -0.15) is 10.4 Å². The lowest BCUT2D eigenvalue weighted by Crippen LogP contribution is -2.54. The first-order valence-corrected chi connectivity index (χ1v) is 12.6. The zero-order valence-corrected chi connectivity index (χ0v) is 20.1. The molecule has 0 radical (unpaired) electrons. The highest BCUT2D eigenvalue weighted by Gasteiger charge is 2.42. The maximum absolute atomic E-state index is 14.9. The number of carbonyl (C=O) groups excluding carboxylic acids is 1. The van der Waals surface area contributed by atoms with E-state index in [0.29, 0.717) is 24.8 Å². The molecule has 6 heteroatoms. The van der Waals surface area contributed by atoms with Crippen LogP contribution in [0.3, 0.4) is 0 Å². The third-order valence-electron chi connectivity index (χ3n) is 8.25. The molecule has 2 aliphatic carbocycles. The smallest absolute Gasteiger partial charge is 0.224 e. The SMILES string of the molecule is Cn1nc(C(C)(C)CC(=O)N2C(CCC#N)CC3CCCC2C3)c2c(C3CC3)c(F)ccc21. The first-order chi connectivity index (χ1) is 15.8. The highest BCUT2D eigenvalue weighted by Crippen LogP contribution is 2.47. The van der Waals surface area contributed by atoms with Gasteiger partial charge in [-0.25, -0.2) is 4.39 Å². The largest absolute Gasteiger partial charge is 0.337 e. The Labute approximate surface area is 195 Å². The number of aromatic nitrogens is 2. The number of hydrogen-bond acceptors (Lipinski definition) is 3. The number of amides is 1. The number of halogens is 1. The summed E-state index contributed by atoms with van der Waals surface area (Å²) in [5, 5.41) is 14.9. The van der Waals surface area contributed by atoms with Crippen molar-refractivity contribution in [3.63, 3.8) is 0 Å². The van der Waals surface area contributed by atoms with E-state index in [-0.39, 0.29) is 23.7 Å². The summed E-state index contributed by atoms with van der Waals surface area (Å²) in [6.45, 7) is 4.15. The van der Waals surface area contributed by atoms with E-state index in [1.165, 1.54) is 12.8 Å². The molecule has 1 amide bonds. The number of hydrogen-bond donors (Lipinski definition) is 0. The topological polar surface area (TPSA) is 61.9 Å². The first kappa shape index (κ1) is 22.4. The van der Waals surface area contributed by atoms with Crippen LogP contribution in [0.4, 0.5) is 4.39 Å². The zero-order chi connectivity index (χ0) is 23.3. The second-order valence-corrected chi connectivity index (χ2v) is 11.2. The fourth-order valence-corrected chi connectivity index (χ4v) is 6.57. The van der Waals surface area contributed by atoms with Crippen molar-refractivity contribution in [3.05, 3.63) is 29.2 Å². The van der Waals surface area contributed by atoms with Gasteiger partial charge in [0.2, 0.25) is 5.91 Å². The highest BCUT2D eigenvalue weighted by atomic mass is 19.1. The molecule has 3 unspecified atom stereocenters. The minimum absolute atomic E-state index is 0.151. The van der Waals surface area contributed by atoms with Gasteiger partial charge in [-0.3, -0.25) is 9.48 Å². The molecule has 3 aliphatic rings. The minimum Gasteiger partial charge on any atom is -0.337 e. The molecule has 1 aromatic carbocycles. The lowest BCUT2D eigenvalue weighted by molar-refractivity contribution is -0.142. The second kappa shape index (κ2) is 8.42. The molecule has 1 saturated heterocycles. The van der Waals surface area contributed by atoms with Crippen molar-refractivity contribution in [3.8, 4) is 6.07 Å². The van der Waals surface area contributed by atoms with Gasteiger partial charge in [-0.1, -0.05) is 26.7 Å². The number of nitriles is 1. The van der Waals surface area contributed by atoms with E-state index in [1.54, 1.807) is 6.07 Å². The second-order valence-electron chi connectivity index (χ2n) is 11.2. The highest BCUT2D eigenvalue weighted by molar-refractivity contribution is 5.89. The molecule has 2 saturated carbocycles. The normalized spacial score (nSPS) is 25.3. The third-order valence-corrected chi connectivity index (χ3v) is 8.25. The number of nitrogens with zero attached hydrogens (tertiary/aromatic N) is 4. The van der Waals surface area contributed by atoms with Gasteiger partial charge in [0.05, 0.1) is 17.3 Å². The number of aryl methyl sites for hydroxylation is 1. The molecule has 1 aromatic heterocycles. The molecule has 3 atom stereocenters. The molecule has 2 heterocycles. The van der Waals surface area contributed by atoms with Crippen LogP contribution >= 0.6 is 0 Å². The van der Waals surface area contributed by atoms with Gasteiger partial charge in [0.15, 0.2) is 0 Å². The van der Waals surface area contributed by atoms with E-state index in [4.69, 9.17) is 10.4 Å². The summed E-state index contributed by atoms with van der Waals surface area (Å²) in [7, 11) is 1.91. The summed E-state index contributed by atoms with van der Waals surface area (Å²) >= 11 is 0. The van der Waals surface area contributed by atoms with Gasteiger partial charge in [-0.05, 0) is 62.5 Å². The van der Waals surface area contributed by atoms with Crippen molar-refractivity contribution >= 4 is 16.8 Å². The standard InChI is InChI=1S/C27H35FN4O/c1-27(2,26-25-22(31(3)30-26)12-11-21(28)24(25)18-9-10-18)16-23(33)32-19-7-4-6-17(14-19)15-20(32)8-5-13-29/h11-12,17-20H,4-10,14-16H2,1-3H3. The van der Waals surface area contributed by atoms with E-state index < -0.39 is 5.41 Å². The summed E-state index contributed by atoms with van der Waals surface area (Å²) in [5.41, 5.74) is 2.05. The number of fused-ring (bicyclic) bond motifs is 3. The number of piperidine rings is 1. The van der Waals surface area contributed by atoms with Gasteiger partial charge in [0.1, 0.15) is 5.82 Å². The summed E-state index contributed by atoms with van der Waals surface area (Å²) < 4.78 is 16.8. The van der Waals surface area contributed by atoms with Crippen LogP contribution in [0.15, 0.2) is 12.1 Å². The van der Waals surface area contributed by atoms with Crippen LogP contribution in [-0.4, -0.2) is 32.7 Å². The van der Waals surface area contributed by atoms with Crippen LogP contribution in [0.25, 0.3) is 10.9 Å². The summed E-state index contributed by atoms with van der Waals surface area (Å²) in [6, 6.07) is 6.12. The van der Waals surface area contributed by atoms with E-state index in [0.717, 1.165) is 60.7 Å². The molecule has 3 fully saturated rings. The van der Waals surface area contributed by atoms with Crippen LogP contribution in [0.1, 0.15) is 95.2 Å². The maximum Gasteiger partial charge on any atom is 0.224 e. The Morgan fingerprint density at radius 1 is 1.24 bits per heavy atom. The molecule has 176 valence electrons. The molecule has 2 aromatic rings. The molecule has 0 N–H and O–H groups in total. The molecule has 1 aliphatic heterocycles. The molecule has 2 bridgehead atoms. The summed E-state index contributed by atoms with van der Waals surface area (Å²) in [5.74, 6) is 0.965. The number of benzene rings is 1. The predicted octanol–water partition coefficient (Wildman–Crippen LogP) is 5.72. The van der Waals surface area contributed by atoms with Gasteiger partial charge in [0, 0.05) is 48.3 Å². The fraction of sp³-hybridized carbons (Fsp3) is 0.667. The van der Waals surface area contributed by atoms with Crippen molar-refractivity contribution in [2.45, 2.75) is 101 Å². The van der Waals surface area contributed by atoms with Crippen molar-refractivity contribution in [2.24, 2.45) is 13.0 Å². The average molecular weight is 451 g/mol. The Morgan fingerprint density at radius 2 is 2.03 bits per heavy atom. The third kappa shape index (κ3) is 4.05. The molecular weight excluding hydrogens is 415 g/mol. The van der Waals surface area contributed by atoms with Crippen LogP contribution in [0.2, 0.25) is 0 Å². The lowest BCUT2D eigenvalue weighted by Gasteiger charge is -2.49. The molecule has 33 heavy (non-hydrogen) atoms. The maximum atomic E-state index is 14.9. The van der Waals surface area contributed by atoms with E-state index >= 15 is 0 Å². The molecular formula is C27H35FN4O. The lowest BCUT2D eigenvalue weighted by atomic mass is 9.74. The summed E-state index contributed by atoms with van der Waals surface area (Å²) in [6.07, 6.45) is 9.25.